The van der Waals surface area contributed by atoms with Gasteiger partial charge in [-0.3, -0.25) is 9.52 Å². The van der Waals surface area contributed by atoms with Crippen LogP contribution in [0.2, 0.25) is 0 Å². The number of anilines is 2. The summed E-state index contributed by atoms with van der Waals surface area (Å²) in [6.07, 6.45) is 3.76. The van der Waals surface area contributed by atoms with Gasteiger partial charge in [-0.2, -0.15) is 0 Å². The van der Waals surface area contributed by atoms with Gasteiger partial charge in [-0.25, -0.2) is 36.5 Å². The fourth-order valence-corrected chi connectivity index (χ4v) is 6.91. The molecule has 3 heterocycles. The third-order valence-corrected chi connectivity index (χ3v) is 9.78. The van der Waals surface area contributed by atoms with Gasteiger partial charge in [0.25, 0.3) is 10.0 Å². The van der Waals surface area contributed by atoms with Gasteiger partial charge in [0, 0.05) is 43.2 Å². The summed E-state index contributed by atoms with van der Waals surface area (Å²) >= 11 is 1.33. The molecule has 232 valence electrons. The lowest BCUT2D eigenvalue weighted by atomic mass is 9.98. The first-order valence-electron chi connectivity index (χ1n) is 14.0. The van der Waals surface area contributed by atoms with Gasteiger partial charge in [-0.15, -0.1) is 11.3 Å². The molecule has 1 fully saturated rings. The number of carbonyl (C=O) groups excluding carboxylic acids is 1. The van der Waals surface area contributed by atoms with E-state index in [2.05, 4.69) is 15.3 Å². The predicted molar refractivity (Wildman–Crippen MR) is 163 cm³/mol. The van der Waals surface area contributed by atoms with Crippen LogP contribution in [0.3, 0.4) is 0 Å². The largest absolute Gasteiger partial charge is 0.354 e. The maximum atomic E-state index is 16.0. The number of hydrogen-bond donors (Lipinski definition) is 2. The number of rotatable bonds is 10. The number of likely N-dealkylation sites (tertiary alicyclic amines) is 1. The number of aromatic nitrogens is 3. The molecule has 14 heteroatoms. The van der Waals surface area contributed by atoms with Crippen LogP contribution in [0.5, 0.6) is 0 Å². The molecule has 0 bridgehead atoms. The highest BCUT2D eigenvalue weighted by atomic mass is 32.2. The molecule has 4 aromatic rings. The molecule has 2 aromatic heterocycles. The SMILES string of the molecule is CC(C)(C)c1nc(-c2cccc(NS(=O)(=O)c3cc(F)ccc3F)c2F)c(-c2ccnc(NCCCN3CCCC3=O)n2)s1. The second-order valence-corrected chi connectivity index (χ2v) is 14.0. The molecule has 2 aromatic carbocycles. The van der Waals surface area contributed by atoms with Crippen molar-refractivity contribution in [1.82, 2.24) is 19.9 Å². The first kappa shape index (κ1) is 31.4. The summed E-state index contributed by atoms with van der Waals surface area (Å²) in [5.74, 6) is -2.55. The average molecular weight is 645 g/mol. The number of benzene rings is 2. The smallest absolute Gasteiger partial charge is 0.265 e. The fraction of sp³-hybridized carbons (Fsp3) is 0.333. The molecule has 44 heavy (non-hydrogen) atoms. The Balaban J connectivity index is 1.45. The van der Waals surface area contributed by atoms with Crippen molar-refractivity contribution >= 4 is 38.9 Å². The van der Waals surface area contributed by atoms with E-state index in [1.165, 1.54) is 29.5 Å². The Labute approximate surface area is 257 Å². The van der Waals surface area contributed by atoms with E-state index in [0.29, 0.717) is 59.6 Å². The van der Waals surface area contributed by atoms with E-state index in [1.807, 2.05) is 30.4 Å². The number of halogens is 3. The molecule has 0 saturated carbocycles. The third-order valence-electron chi connectivity index (χ3n) is 6.90. The van der Waals surface area contributed by atoms with Crippen LogP contribution >= 0.6 is 11.3 Å². The summed E-state index contributed by atoms with van der Waals surface area (Å²) in [7, 11) is -4.67. The van der Waals surface area contributed by atoms with Crippen LogP contribution in [0.4, 0.5) is 24.8 Å². The van der Waals surface area contributed by atoms with E-state index >= 15 is 4.39 Å². The molecule has 0 atom stereocenters. The lowest BCUT2D eigenvalue weighted by Gasteiger charge is -2.15. The molecule has 9 nitrogen and oxygen atoms in total. The number of carbonyl (C=O) groups is 1. The van der Waals surface area contributed by atoms with Crippen LogP contribution < -0.4 is 10.0 Å². The molecule has 1 aliphatic heterocycles. The number of hydrogen-bond acceptors (Lipinski definition) is 8. The lowest BCUT2D eigenvalue weighted by Crippen LogP contribution is -2.27. The highest BCUT2D eigenvalue weighted by Crippen LogP contribution is 2.42. The van der Waals surface area contributed by atoms with E-state index in [-0.39, 0.29) is 17.2 Å². The molecule has 0 spiro atoms. The fourth-order valence-electron chi connectivity index (χ4n) is 4.65. The van der Waals surface area contributed by atoms with Crippen LogP contribution in [-0.2, 0) is 20.2 Å². The van der Waals surface area contributed by atoms with Gasteiger partial charge in [0.15, 0.2) is 5.82 Å². The van der Waals surface area contributed by atoms with Crippen molar-refractivity contribution in [2.24, 2.45) is 0 Å². The predicted octanol–water partition coefficient (Wildman–Crippen LogP) is 6.21. The van der Waals surface area contributed by atoms with Crippen molar-refractivity contribution in [3.05, 3.63) is 71.1 Å². The standard InChI is InChI=1S/C30H31F3N6O3S2/c1-30(2,3)28-37-26(19-7-4-8-21(25(19)33)38-44(41,42)23-17-18(31)10-11-20(23)32)27(43-28)22-12-14-35-29(36-22)34-13-6-16-39-15-5-9-24(39)40/h4,7-8,10-12,14,17,38H,5-6,9,13,15-16H2,1-3H3,(H,34,35,36). The molecule has 1 saturated heterocycles. The molecule has 0 radical (unpaired) electrons. The van der Waals surface area contributed by atoms with Gasteiger partial charge in [0.2, 0.25) is 11.9 Å². The van der Waals surface area contributed by atoms with Crippen molar-refractivity contribution in [3.63, 3.8) is 0 Å². The second kappa shape index (κ2) is 12.5. The highest BCUT2D eigenvalue weighted by Gasteiger charge is 2.28. The minimum absolute atomic E-state index is 0.00457. The molecule has 1 amide bonds. The van der Waals surface area contributed by atoms with Gasteiger partial charge in [0.05, 0.1) is 27.0 Å². The van der Waals surface area contributed by atoms with Gasteiger partial charge in [0.1, 0.15) is 16.5 Å². The first-order chi connectivity index (χ1) is 20.8. The van der Waals surface area contributed by atoms with Crippen LogP contribution in [0.1, 0.15) is 45.0 Å². The maximum Gasteiger partial charge on any atom is 0.265 e. The van der Waals surface area contributed by atoms with E-state index in [9.17, 15) is 22.0 Å². The zero-order valence-corrected chi connectivity index (χ0v) is 26.0. The van der Waals surface area contributed by atoms with E-state index < -0.39 is 43.5 Å². The Kier molecular flexibility index (Phi) is 8.93. The van der Waals surface area contributed by atoms with Gasteiger partial charge >= 0.3 is 0 Å². The second-order valence-electron chi connectivity index (χ2n) is 11.3. The normalized spacial score (nSPS) is 13.9. The van der Waals surface area contributed by atoms with E-state index in [1.54, 1.807) is 12.3 Å². The van der Waals surface area contributed by atoms with E-state index in [4.69, 9.17) is 4.98 Å². The van der Waals surface area contributed by atoms with Crippen molar-refractivity contribution in [1.29, 1.82) is 0 Å². The lowest BCUT2D eigenvalue weighted by molar-refractivity contribution is -0.127. The monoisotopic (exact) mass is 644 g/mol. The van der Waals surface area contributed by atoms with Crippen molar-refractivity contribution in [2.45, 2.75) is 50.3 Å². The van der Waals surface area contributed by atoms with Gasteiger partial charge in [-0.05, 0) is 49.2 Å². The number of sulfonamides is 1. The minimum atomic E-state index is -4.67. The molecule has 5 rings (SSSR count). The molecule has 0 unspecified atom stereocenters. The van der Waals surface area contributed by atoms with Crippen LogP contribution in [-0.4, -0.2) is 53.8 Å². The highest BCUT2D eigenvalue weighted by molar-refractivity contribution is 7.92. The Morgan fingerprint density at radius 1 is 1.07 bits per heavy atom. The first-order valence-corrected chi connectivity index (χ1v) is 16.3. The van der Waals surface area contributed by atoms with Gasteiger partial charge in [-0.1, -0.05) is 26.8 Å². The maximum absolute atomic E-state index is 16.0. The topological polar surface area (TPSA) is 117 Å². The number of amides is 1. The molecule has 2 N–H and O–H groups in total. The summed E-state index contributed by atoms with van der Waals surface area (Å²) in [6.45, 7) is 7.85. The summed E-state index contributed by atoms with van der Waals surface area (Å²) in [6, 6.07) is 7.77. The Hall–Kier alpha value is -4.04. The van der Waals surface area contributed by atoms with Crippen LogP contribution in [0.25, 0.3) is 21.8 Å². The van der Waals surface area contributed by atoms with Gasteiger partial charge < -0.3 is 10.2 Å². The Bertz CT molecular complexity index is 1810. The molecule has 1 aliphatic rings. The summed E-state index contributed by atoms with van der Waals surface area (Å²) in [5, 5.41) is 3.87. The number of thiazole rings is 1. The quantitative estimate of drug-likeness (QED) is 0.197. The van der Waals surface area contributed by atoms with Crippen LogP contribution in [0, 0.1) is 17.5 Å². The molecule has 0 aliphatic carbocycles. The number of nitrogens with one attached hydrogen (secondary N) is 2. The zero-order chi connectivity index (χ0) is 31.6. The Morgan fingerprint density at radius 2 is 1.86 bits per heavy atom. The van der Waals surface area contributed by atoms with Crippen LogP contribution in [0.15, 0.2) is 53.6 Å². The molecular formula is C30H31F3N6O3S2. The van der Waals surface area contributed by atoms with Crippen molar-refractivity contribution in [3.8, 4) is 21.8 Å². The number of nitrogens with zero attached hydrogens (tertiary/aromatic N) is 4. The van der Waals surface area contributed by atoms with E-state index in [0.717, 1.165) is 19.0 Å². The Morgan fingerprint density at radius 3 is 2.59 bits per heavy atom. The summed E-state index contributed by atoms with van der Waals surface area (Å²) < 4.78 is 71.8. The zero-order valence-electron chi connectivity index (χ0n) is 24.3. The average Bonchev–Trinajstić information content (AvgIpc) is 3.60. The minimum Gasteiger partial charge on any atom is -0.354 e. The summed E-state index contributed by atoms with van der Waals surface area (Å²) in [5.41, 5.74) is -0.136. The summed E-state index contributed by atoms with van der Waals surface area (Å²) in [4.78, 5) is 27.0. The molecular weight excluding hydrogens is 613 g/mol. The van der Waals surface area contributed by atoms with Crippen molar-refractivity contribution in [2.75, 3.05) is 29.7 Å². The third kappa shape index (κ3) is 6.86. The van der Waals surface area contributed by atoms with Crippen molar-refractivity contribution < 1.29 is 26.4 Å².